The van der Waals surface area contributed by atoms with Crippen molar-refractivity contribution in [3.63, 3.8) is 0 Å². The second-order valence-electron chi connectivity index (χ2n) is 5.56. The number of benzene rings is 2. The Bertz CT molecular complexity index is 884. The molecule has 0 bridgehead atoms. The minimum absolute atomic E-state index is 0.0802. The van der Waals surface area contributed by atoms with E-state index in [0.29, 0.717) is 0 Å². The van der Waals surface area contributed by atoms with Crippen molar-refractivity contribution < 1.29 is 36.4 Å². The molecule has 0 aliphatic heterocycles. The number of nitrogens with one attached hydrogen (secondary N) is 1. The summed E-state index contributed by atoms with van der Waals surface area (Å²) >= 11 is 0. The first-order valence-corrected chi connectivity index (χ1v) is 9.43. The molecular formula is C18H16F3NO5S. The second-order valence-corrected chi connectivity index (χ2v) is 6.91. The van der Waals surface area contributed by atoms with Gasteiger partial charge in [0.1, 0.15) is 5.75 Å². The van der Waals surface area contributed by atoms with E-state index >= 15 is 0 Å². The van der Waals surface area contributed by atoms with Crippen LogP contribution < -0.4 is 10.1 Å². The summed E-state index contributed by atoms with van der Waals surface area (Å²) in [5.74, 6) is -1.94. The predicted octanol–water partition coefficient (Wildman–Crippen LogP) is 3.51. The lowest BCUT2D eigenvalue weighted by Gasteiger charge is -2.15. The molecule has 0 unspecified atom stereocenters. The number of carbonyl (C=O) groups excluding carboxylic acids is 2. The summed E-state index contributed by atoms with van der Waals surface area (Å²) in [6.07, 6.45) is -4.60. The SMILES string of the molecule is C[C@H](OC(=O)c1ccccc1[S@@](C)=O)C(=O)Nc1ccc(OC(F)(F)F)cc1. The van der Waals surface area contributed by atoms with Gasteiger partial charge in [-0.2, -0.15) is 0 Å². The number of hydrogen-bond acceptors (Lipinski definition) is 5. The molecule has 28 heavy (non-hydrogen) atoms. The minimum Gasteiger partial charge on any atom is -0.449 e. The van der Waals surface area contributed by atoms with Crippen molar-refractivity contribution in [3.05, 3.63) is 54.1 Å². The van der Waals surface area contributed by atoms with E-state index in [1.54, 1.807) is 12.1 Å². The largest absolute Gasteiger partial charge is 0.573 e. The average Bonchev–Trinajstić information content (AvgIpc) is 2.62. The predicted molar refractivity (Wildman–Crippen MR) is 95.4 cm³/mol. The number of halogens is 3. The molecule has 6 nitrogen and oxygen atoms in total. The maximum atomic E-state index is 12.3. The van der Waals surface area contributed by atoms with Crippen LogP contribution in [0.5, 0.6) is 5.75 Å². The van der Waals surface area contributed by atoms with E-state index in [4.69, 9.17) is 4.74 Å². The fraction of sp³-hybridized carbons (Fsp3) is 0.222. The molecule has 1 amide bonds. The molecule has 0 aliphatic rings. The van der Waals surface area contributed by atoms with Crippen LogP contribution in [0.15, 0.2) is 53.4 Å². The summed E-state index contributed by atoms with van der Waals surface area (Å²) in [7, 11) is -1.42. The Hall–Kier alpha value is -2.88. The summed E-state index contributed by atoms with van der Waals surface area (Å²) in [5, 5.41) is 2.41. The number of hydrogen-bond donors (Lipinski definition) is 1. The zero-order chi connectivity index (χ0) is 20.9. The zero-order valence-electron chi connectivity index (χ0n) is 14.8. The maximum Gasteiger partial charge on any atom is 0.573 e. The van der Waals surface area contributed by atoms with Gasteiger partial charge in [-0.15, -0.1) is 13.2 Å². The van der Waals surface area contributed by atoms with Crippen molar-refractivity contribution in [1.82, 2.24) is 0 Å². The highest BCUT2D eigenvalue weighted by Crippen LogP contribution is 2.24. The third-order valence-corrected chi connectivity index (χ3v) is 4.40. The standard InChI is InChI=1S/C18H16F3NO5S/c1-11(26-17(24)14-5-3-4-6-15(14)28(2)25)16(23)22-12-7-9-13(10-8-12)27-18(19,20)21/h3-11H,1-2H3,(H,22,23)/t11-,28+/m0/s1. The quantitative estimate of drug-likeness (QED) is 0.731. The molecule has 2 atom stereocenters. The lowest BCUT2D eigenvalue weighted by molar-refractivity contribution is -0.274. The van der Waals surface area contributed by atoms with Crippen molar-refractivity contribution in [2.45, 2.75) is 24.3 Å². The first kappa shape index (κ1) is 21.4. The maximum absolute atomic E-state index is 12.3. The molecular weight excluding hydrogens is 399 g/mol. The first-order chi connectivity index (χ1) is 13.1. The molecule has 0 aliphatic carbocycles. The summed E-state index contributed by atoms with van der Waals surface area (Å²) in [5.41, 5.74) is 0.272. The van der Waals surface area contributed by atoms with Crippen molar-refractivity contribution in [1.29, 1.82) is 0 Å². The number of ether oxygens (including phenoxy) is 2. The molecule has 2 rings (SSSR count). The van der Waals surface area contributed by atoms with Crippen LogP contribution in [0.1, 0.15) is 17.3 Å². The van der Waals surface area contributed by atoms with Crippen LogP contribution in [0.25, 0.3) is 0 Å². The normalized spacial score (nSPS) is 13.3. The first-order valence-electron chi connectivity index (χ1n) is 7.87. The number of amides is 1. The van der Waals surface area contributed by atoms with Crippen molar-refractivity contribution in [3.8, 4) is 5.75 Å². The van der Waals surface area contributed by atoms with Crippen molar-refractivity contribution in [2.24, 2.45) is 0 Å². The Morgan fingerprint density at radius 3 is 2.25 bits per heavy atom. The summed E-state index contributed by atoms with van der Waals surface area (Å²) in [6, 6.07) is 10.6. The van der Waals surface area contributed by atoms with Gasteiger partial charge in [0.05, 0.1) is 21.3 Å². The van der Waals surface area contributed by atoms with E-state index in [1.807, 2.05) is 0 Å². The van der Waals surface area contributed by atoms with E-state index in [9.17, 15) is 27.0 Å². The monoisotopic (exact) mass is 415 g/mol. The van der Waals surface area contributed by atoms with Crippen LogP contribution in [0.2, 0.25) is 0 Å². The number of alkyl halides is 3. The number of carbonyl (C=O) groups is 2. The summed E-state index contributed by atoms with van der Waals surface area (Å²) in [6.45, 7) is 1.33. The van der Waals surface area contributed by atoms with Gasteiger partial charge in [-0.3, -0.25) is 9.00 Å². The fourth-order valence-corrected chi connectivity index (χ4v) is 2.88. The molecule has 1 N–H and O–H groups in total. The molecule has 150 valence electrons. The van der Waals surface area contributed by atoms with Gasteiger partial charge in [-0.05, 0) is 43.3 Å². The van der Waals surface area contributed by atoms with Crippen LogP contribution in [0, 0.1) is 0 Å². The lowest BCUT2D eigenvalue weighted by atomic mass is 10.2. The molecule has 0 saturated heterocycles. The van der Waals surface area contributed by atoms with Crippen molar-refractivity contribution in [2.75, 3.05) is 11.6 Å². The Kier molecular flexibility index (Phi) is 6.79. The molecule has 2 aromatic carbocycles. The van der Waals surface area contributed by atoms with E-state index in [0.717, 1.165) is 12.1 Å². The Balaban J connectivity index is 1.99. The van der Waals surface area contributed by atoms with Crippen LogP contribution in [-0.2, 0) is 20.3 Å². The summed E-state index contributed by atoms with van der Waals surface area (Å²) in [4.78, 5) is 24.7. The van der Waals surface area contributed by atoms with Gasteiger partial charge in [0.25, 0.3) is 5.91 Å². The van der Waals surface area contributed by atoms with Gasteiger partial charge in [0.2, 0.25) is 0 Å². The molecule has 0 saturated carbocycles. The van der Waals surface area contributed by atoms with Crippen molar-refractivity contribution >= 4 is 28.4 Å². The highest BCUT2D eigenvalue weighted by molar-refractivity contribution is 7.84. The number of anilines is 1. The molecule has 0 radical (unpaired) electrons. The van der Waals surface area contributed by atoms with Crippen LogP contribution >= 0.6 is 0 Å². The molecule has 0 aromatic heterocycles. The van der Waals surface area contributed by atoms with E-state index in [1.165, 1.54) is 37.4 Å². The van der Waals surface area contributed by atoms with Gasteiger partial charge < -0.3 is 14.8 Å². The Morgan fingerprint density at radius 1 is 1.07 bits per heavy atom. The smallest absolute Gasteiger partial charge is 0.449 e. The highest BCUT2D eigenvalue weighted by Gasteiger charge is 2.31. The third-order valence-electron chi connectivity index (χ3n) is 3.43. The van der Waals surface area contributed by atoms with E-state index in [2.05, 4.69) is 10.1 Å². The van der Waals surface area contributed by atoms with Crippen LogP contribution in [0.3, 0.4) is 0 Å². The molecule has 10 heteroatoms. The van der Waals surface area contributed by atoms with Gasteiger partial charge in [-0.1, -0.05) is 12.1 Å². The Labute approximate surface area is 161 Å². The number of rotatable bonds is 6. The average molecular weight is 415 g/mol. The molecule has 0 spiro atoms. The molecule has 2 aromatic rings. The van der Waals surface area contributed by atoms with E-state index in [-0.39, 0.29) is 16.1 Å². The Morgan fingerprint density at radius 2 is 1.68 bits per heavy atom. The van der Waals surface area contributed by atoms with Crippen LogP contribution in [-0.4, -0.2) is 34.8 Å². The van der Waals surface area contributed by atoms with Gasteiger partial charge >= 0.3 is 12.3 Å². The lowest BCUT2D eigenvalue weighted by Crippen LogP contribution is -2.30. The highest BCUT2D eigenvalue weighted by atomic mass is 32.2. The second kappa shape index (κ2) is 8.87. The van der Waals surface area contributed by atoms with Gasteiger partial charge in [0.15, 0.2) is 6.10 Å². The van der Waals surface area contributed by atoms with Gasteiger partial charge in [-0.25, -0.2) is 4.79 Å². The summed E-state index contributed by atoms with van der Waals surface area (Å²) < 4.78 is 56.9. The van der Waals surface area contributed by atoms with E-state index < -0.39 is 40.9 Å². The fourth-order valence-electron chi connectivity index (χ4n) is 2.15. The third kappa shape index (κ3) is 6.08. The zero-order valence-corrected chi connectivity index (χ0v) is 15.6. The van der Waals surface area contributed by atoms with Gasteiger partial charge in [0, 0.05) is 11.9 Å². The van der Waals surface area contributed by atoms with Crippen LogP contribution in [0.4, 0.5) is 18.9 Å². The number of esters is 1. The minimum atomic E-state index is -4.81. The molecule has 0 fully saturated rings. The molecule has 0 heterocycles. The topological polar surface area (TPSA) is 81.7 Å².